The highest BCUT2D eigenvalue weighted by molar-refractivity contribution is 5.79. The van der Waals surface area contributed by atoms with Crippen molar-refractivity contribution >= 4 is 5.96 Å². The summed E-state index contributed by atoms with van der Waals surface area (Å²) in [6.07, 6.45) is 7.67. The summed E-state index contributed by atoms with van der Waals surface area (Å²) < 4.78 is 0. The van der Waals surface area contributed by atoms with Gasteiger partial charge in [-0.1, -0.05) is 6.92 Å². The average Bonchev–Trinajstić information content (AvgIpc) is 2.47. The van der Waals surface area contributed by atoms with E-state index in [0.29, 0.717) is 12.1 Å². The lowest BCUT2D eigenvalue weighted by molar-refractivity contribution is 0.268. The molecule has 0 aromatic rings. The number of aliphatic imine (C=N–C) groups is 1. The van der Waals surface area contributed by atoms with Crippen molar-refractivity contribution in [2.75, 3.05) is 27.2 Å². The Morgan fingerprint density at radius 1 is 1.19 bits per heavy atom. The van der Waals surface area contributed by atoms with Crippen molar-refractivity contribution in [3.8, 4) is 0 Å². The Labute approximate surface area is 131 Å². The molecule has 0 saturated heterocycles. The molecule has 4 nitrogen and oxygen atoms in total. The van der Waals surface area contributed by atoms with Crippen molar-refractivity contribution in [1.82, 2.24) is 15.5 Å². The maximum atomic E-state index is 4.35. The van der Waals surface area contributed by atoms with Gasteiger partial charge in [-0.25, -0.2) is 0 Å². The van der Waals surface area contributed by atoms with E-state index >= 15 is 0 Å². The smallest absolute Gasteiger partial charge is 0.191 e. The molecule has 0 bridgehead atoms. The summed E-state index contributed by atoms with van der Waals surface area (Å²) in [6, 6.07) is 1.25. The van der Waals surface area contributed by atoms with E-state index in [1.165, 1.54) is 45.1 Å². The van der Waals surface area contributed by atoms with Crippen LogP contribution in [-0.4, -0.2) is 50.1 Å². The van der Waals surface area contributed by atoms with Crippen LogP contribution in [0.3, 0.4) is 0 Å². The molecule has 0 aromatic heterocycles. The first-order valence-electron chi connectivity index (χ1n) is 8.70. The summed E-state index contributed by atoms with van der Waals surface area (Å²) in [4.78, 5) is 6.75. The van der Waals surface area contributed by atoms with Gasteiger partial charge in [0.25, 0.3) is 0 Å². The standard InChI is InChI=1S/C17H36N4/c1-14(2)21(5)13-7-6-12-19-17(18-4)20-16-10-8-15(3)9-11-16/h14-16H,6-13H2,1-5H3,(H2,18,19,20). The molecule has 0 atom stereocenters. The quantitative estimate of drug-likeness (QED) is 0.431. The minimum Gasteiger partial charge on any atom is -0.356 e. The molecular weight excluding hydrogens is 260 g/mol. The summed E-state index contributed by atoms with van der Waals surface area (Å²) in [6.45, 7) is 9.03. The number of hydrogen-bond donors (Lipinski definition) is 2. The first kappa shape index (κ1) is 18.3. The molecule has 1 saturated carbocycles. The molecule has 1 aliphatic rings. The molecule has 1 aliphatic carbocycles. The number of hydrogen-bond acceptors (Lipinski definition) is 2. The number of nitrogens with zero attached hydrogens (tertiary/aromatic N) is 2. The van der Waals surface area contributed by atoms with Gasteiger partial charge < -0.3 is 15.5 Å². The first-order chi connectivity index (χ1) is 10.0. The number of rotatable bonds is 7. The van der Waals surface area contributed by atoms with Gasteiger partial charge in [0.1, 0.15) is 0 Å². The Morgan fingerprint density at radius 2 is 1.86 bits per heavy atom. The van der Waals surface area contributed by atoms with Gasteiger partial charge in [0.15, 0.2) is 5.96 Å². The Bertz CT molecular complexity index is 293. The van der Waals surface area contributed by atoms with Gasteiger partial charge in [0, 0.05) is 25.7 Å². The maximum absolute atomic E-state index is 4.35. The molecule has 2 N–H and O–H groups in total. The van der Waals surface area contributed by atoms with Crippen molar-refractivity contribution in [2.45, 2.75) is 71.4 Å². The largest absolute Gasteiger partial charge is 0.356 e. The zero-order valence-electron chi connectivity index (χ0n) is 14.8. The highest BCUT2D eigenvalue weighted by atomic mass is 15.2. The monoisotopic (exact) mass is 296 g/mol. The highest BCUT2D eigenvalue weighted by Crippen LogP contribution is 2.23. The fourth-order valence-corrected chi connectivity index (χ4v) is 2.74. The molecule has 0 spiro atoms. The van der Waals surface area contributed by atoms with Gasteiger partial charge in [-0.2, -0.15) is 0 Å². The second kappa shape index (κ2) is 10.0. The van der Waals surface area contributed by atoms with Crippen molar-refractivity contribution < 1.29 is 0 Å². The van der Waals surface area contributed by atoms with Crippen molar-refractivity contribution in [2.24, 2.45) is 10.9 Å². The molecule has 0 aromatic carbocycles. The Kier molecular flexibility index (Phi) is 8.74. The van der Waals surface area contributed by atoms with Crippen LogP contribution in [0.1, 0.15) is 59.3 Å². The molecule has 0 radical (unpaired) electrons. The summed E-state index contributed by atoms with van der Waals surface area (Å²) in [5.74, 6) is 1.88. The van der Waals surface area contributed by atoms with E-state index in [1.807, 2.05) is 7.05 Å². The molecule has 4 heteroatoms. The van der Waals surface area contributed by atoms with Crippen LogP contribution in [0.2, 0.25) is 0 Å². The minimum absolute atomic E-state index is 0.611. The summed E-state index contributed by atoms with van der Waals surface area (Å²) >= 11 is 0. The third kappa shape index (κ3) is 7.70. The zero-order valence-corrected chi connectivity index (χ0v) is 14.8. The Balaban J connectivity index is 2.11. The third-order valence-corrected chi connectivity index (χ3v) is 4.69. The van der Waals surface area contributed by atoms with Crippen LogP contribution in [-0.2, 0) is 0 Å². The second-order valence-corrected chi connectivity index (χ2v) is 6.88. The average molecular weight is 297 g/mol. The van der Waals surface area contributed by atoms with Gasteiger partial charge in [0.2, 0.25) is 0 Å². The maximum Gasteiger partial charge on any atom is 0.191 e. The predicted octanol–water partition coefficient (Wildman–Crippen LogP) is 2.85. The Morgan fingerprint density at radius 3 is 2.43 bits per heavy atom. The fourth-order valence-electron chi connectivity index (χ4n) is 2.74. The molecule has 1 fully saturated rings. The van der Waals surface area contributed by atoms with Crippen molar-refractivity contribution in [3.63, 3.8) is 0 Å². The van der Waals surface area contributed by atoms with Crippen LogP contribution in [0, 0.1) is 5.92 Å². The summed E-state index contributed by atoms with van der Waals surface area (Å²) in [5, 5.41) is 7.02. The van der Waals surface area contributed by atoms with E-state index in [2.05, 4.69) is 48.3 Å². The topological polar surface area (TPSA) is 39.7 Å². The van der Waals surface area contributed by atoms with Crippen LogP contribution < -0.4 is 10.6 Å². The molecule has 0 amide bonds. The molecule has 1 rings (SSSR count). The lowest BCUT2D eigenvalue weighted by Crippen LogP contribution is -2.45. The summed E-state index contributed by atoms with van der Waals surface area (Å²) in [5.41, 5.74) is 0. The fraction of sp³-hybridized carbons (Fsp3) is 0.941. The van der Waals surface area contributed by atoms with E-state index in [0.717, 1.165) is 18.4 Å². The second-order valence-electron chi connectivity index (χ2n) is 6.88. The highest BCUT2D eigenvalue weighted by Gasteiger charge is 2.18. The lowest BCUT2D eigenvalue weighted by Gasteiger charge is -2.28. The van der Waals surface area contributed by atoms with E-state index in [4.69, 9.17) is 0 Å². The van der Waals surface area contributed by atoms with Crippen LogP contribution in [0.4, 0.5) is 0 Å². The van der Waals surface area contributed by atoms with E-state index in [9.17, 15) is 0 Å². The van der Waals surface area contributed by atoms with E-state index < -0.39 is 0 Å². The number of guanidine groups is 1. The number of nitrogens with one attached hydrogen (secondary N) is 2. The normalized spacial score (nSPS) is 23.7. The first-order valence-corrected chi connectivity index (χ1v) is 8.70. The van der Waals surface area contributed by atoms with Crippen LogP contribution in [0.5, 0.6) is 0 Å². The lowest BCUT2D eigenvalue weighted by atomic mass is 9.87. The third-order valence-electron chi connectivity index (χ3n) is 4.69. The molecular formula is C17H36N4. The minimum atomic E-state index is 0.611. The Hall–Kier alpha value is -0.770. The molecule has 0 aliphatic heterocycles. The number of unbranched alkanes of at least 4 members (excludes halogenated alkanes) is 1. The van der Waals surface area contributed by atoms with E-state index in [-0.39, 0.29) is 0 Å². The molecule has 0 heterocycles. The van der Waals surface area contributed by atoms with Gasteiger partial charge in [-0.05, 0) is 71.9 Å². The predicted molar refractivity (Wildman–Crippen MR) is 92.9 cm³/mol. The molecule has 124 valence electrons. The van der Waals surface area contributed by atoms with Gasteiger partial charge in [-0.3, -0.25) is 4.99 Å². The van der Waals surface area contributed by atoms with E-state index in [1.54, 1.807) is 0 Å². The van der Waals surface area contributed by atoms with Crippen molar-refractivity contribution in [1.29, 1.82) is 0 Å². The van der Waals surface area contributed by atoms with Crippen molar-refractivity contribution in [3.05, 3.63) is 0 Å². The SMILES string of the molecule is CN=C(NCCCCN(C)C(C)C)NC1CCC(C)CC1. The van der Waals surface area contributed by atoms with Gasteiger partial charge in [0.05, 0.1) is 0 Å². The van der Waals surface area contributed by atoms with Crippen LogP contribution in [0.15, 0.2) is 4.99 Å². The molecule has 21 heavy (non-hydrogen) atoms. The molecule has 0 unspecified atom stereocenters. The summed E-state index contributed by atoms with van der Waals surface area (Å²) in [7, 11) is 4.07. The zero-order chi connectivity index (χ0) is 15.7. The van der Waals surface area contributed by atoms with Crippen LogP contribution in [0.25, 0.3) is 0 Å². The van der Waals surface area contributed by atoms with Crippen LogP contribution >= 0.6 is 0 Å². The van der Waals surface area contributed by atoms with Gasteiger partial charge in [-0.15, -0.1) is 0 Å². The van der Waals surface area contributed by atoms with Gasteiger partial charge >= 0.3 is 0 Å².